The maximum Gasteiger partial charge on any atom is 0.241 e. The summed E-state index contributed by atoms with van der Waals surface area (Å²) in [5, 5.41) is 3.00. The molecule has 16 heavy (non-hydrogen) atoms. The number of hydrogen-bond acceptors (Lipinski definition) is 4. The predicted octanol–water partition coefficient (Wildman–Crippen LogP) is 0.848. The maximum atomic E-state index is 11.4. The Balaban J connectivity index is 2.67. The first kappa shape index (κ1) is 12.4. The number of aromatic nitrogens is 2. The molecule has 0 saturated heterocycles. The van der Waals surface area contributed by atoms with Gasteiger partial charge in [0.15, 0.2) is 0 Å². The fraction of sp³-hybridized carbons (Fsp3) is 0.545. The quantitative estimate of drug-likeness (QED) is 0.820. The summed E-state index contributed by atoms with van der Waals surface area (Å²) in [5.41, 5.74) is 0.979. The van der Waals surface area contributed by atoms with E-state index in [2.05, 4.69) is 15.3 Å². The molecule has 5 heteroatoms. The minimum atomic E-state index is 0.0225. The molecule has 1 heterocycles. The molecule has 1 aromatic heterocycles. The number of hydrogen-bond donors (Lipinski definition) is 1. The van der Waals surface area contributed by atoms with Gasteiger partial charge >= 0.3 is 0 Å². The summed E-state index contributed by atoms with van der Waals surface area (Å²) in [5.74, 6) is 1.45. The van der Waals surface area contributed by atoms with Crippen molar-refractivity contribution >= 4 is 11.7 Å². The largest absolute Gasteiger partial charge is 0.361 e. The van der Waals surface area contributed by atoms with Crippen LogP contribution >= 0.6 is 0 Å². The van der Waals surface area contributed by atoms with E-state index in [4.69, 9.17) is 0 Å². The Morgan fingerprint density at radius 2 is 2.12 bits per heavy atom. The van der Waals surface area contributed by atoms with Gasteiger partial charge in [0.05, 0.1) is 6.54 Å². The van der Waals surface area contributed by atoms with E-state index in [1.807, 2.05) is 19.9 Å². The van der Waals surface area contributed by atoms with E-state index < -0.39 is 0 Å². The second-order valence-corrected chi connectivity index (χ2v) is 3.79. The molecule has 1 amide bonds. The Kier molecular flexibility index (Phi) is 4.22. The van der Waals surface area contributed by atoms with E-state index in [-0.39, 0.29) is 12.5 Å². The molecule has 0 atom stereocenters. The van der Waals surface area contributed by atoms with Crippen molar-refractivity contribution in [2.45, 2.75) is 20.3 Å². The zero-order chi connectivity index (χ0) is 12.1. The van der Waals surface area contributed by atoms with Gasteiger partial charge < -0.3 is 10.2 Å². The van der Waals surface area contributed by atoms with Crippen LogP contribution in [-0.4, -0.2) is 41.4 Å². The molecule has 0 aliphatic heterocycles. The highest BCUT2D eigenvalue weighted by molar-refractivity contribution is 5.80. The first-order valence-electron chi connectivity index (χ1n) is 5.31. The van der Waals surface area contributed by atoms with Crippen molar-refractivity contribution in [1.29, 1.82) is 0 Å². The van der Waals surface area contributed by atoms with Gasteiger partial charge in [-0.25, -0.2) is 9.97 Å². The minimum absolute atomic E-state index is 0.0225. The number of aryl methyl sites for hydroxylation is 2. The van der Waals surface area contributed by atoms with Crippen LogP contribution in [0.1, 0.15) is 18.4 Å². The molecule has 0 aliphatic carbocycles. The number of amides is 1. The number of carbonyl (C=O) groups excluding carboxylic acids is 1. The number of nitrogens with one attached hydrogen (secondary N) is 1. The molecule has 0 aliphatic rings. The van der Waals surface area contributed by atoms with Crippen molar-refractivity contribution in [3.63, 3.8) is 0 Å². The number of nitrogens with zero attached hydrogens (tertiary/aromatic N) is 3. The fourth-order valence-corrected chi connectivity index (χ4v) is 1.23. The average Bonchev–Trinajstić information content (AvgIpc) is 2.24. The van der Waals surface area contributed by atoms with Gasteiger partial charge in [0, 0.05) is 25.9 Å². The highest BCUT2D eigenvalue weighted by Crippen LogP contribution is 2.06. The Hall–Kier alpha value is -1.65. The minimum Gasteiger partial charge on any atom is -0.361 e. The maximum absolute atomic E-state index is 11.4. The standard InChI is InChI=1S/C11H18N4O/c1-5-9-6-10(14-8(2)13-9)12-7-11(16)15(3)4/h6H,5,7H2,1-4H3,(H,12,13,14). The third-order valence-electron chi connectivity index (χ3n) is 2.17. The predicted molar refractivity (Wildman–Crippen MR) is 63.3 cm³/mol. The number of rotatable bonds is 4. The van der Waals surface area contributed by atoms with Crippen LogP contribution in [-0.2, 0) is 11.2 Å². The van der Waals surface area contributed by atoms with Gasteiger partial charge in [0.2, 0.25) is 5.91 Å². The van der Waals surface area contributed by atoms with Gasteiger partial charge in [-0.2, -0.15) is 0 Å². The van der Waals surface area contributed by atoms with Gasteiger partial charge in [-0.1, -0.05) is 6.92 Å². The molecule has 0 unspecified atom stereocenters. The van der Waals surface area contributed by atoms with Crippen LogP contribution in [0.2, 0.25) is 0 Å². The number of anilines is 1. The lowest BCUT2D eigenvalue weighted by atomic mass is 10.3. The molecule has 0 spiro atoms. The number of likely N-dealkylation sites (N-methyl/N-ethyl adjacent to an activating group) is 1. The third kappa shape index (κ3) is 3.49. The summed E-state index contributed by atoms with van der Waals surface area (Å²) in [4.78, 5) is 21.4. The first-order chi connectivity index (χ1) is 7.52. The molecule has 0 fully saturated rings. The van der Waals surface area contributed by atoms with E-state index in [0.29, 0.717) is 5.82 Å². The molecule has 88 valence electrons. The SMILES string of the molecule is CCc1cc(NCC(=O)N(C)C)nc(C)n1. The molecule has 1 N–H and O–H groups in total. The Bertz CT molecular complexity index is 376. The summed E-state index contributed by atoms with van der Waals surface area (Å²) in [6.45, 7) is 4.14. The van der Waals surface area contributed by atoms with Crippen LogP contribution in [0.3, 0.4) is 0 Å². The van der Waals surface area contributed by atoms with Crippen molar-refractivity contribution in [1.82, 2.24) is 14.9 Å². The Morgan fingerprint density at radius 3 is 2.69 bits per heavy atom. The fourth-order valence-electron chi connectivity index (χ4n) is 1.23. The average molecular weight is 222 g/mol. The molecule has 0 aromatic carbocycles. The highest BCUT2D eigenvalue weighted by atomic mass is 16.2. The van der Waals surface area contributed by atoms with Gasteiger partial charge in [-0.05, 0) is 13.3 Å². The summed E-state index contributed by atoms with van der Waals surface area (Å²) in [6, 6.07) is 1.87. The van der Waals surface area contributed by atoms with E-state index in [9.17, 15) is 4.79 Å². The van der Waals surface area contributed by atoms with Crippen LogP contribution in [0.25, 0.3) is 0 Å². The Labute approximate surface area is 95.9 Å². The highest BCUT2D eigenvalue weighted by Gasteiger charge is 2.05. The lowest BCUT2D eigenvalue weighted by molar-refractivity contribution is -0.126. The molecular weight excluding hydrogens is 204 g/mol. The molecule has 5 nitrogen and oxygen atoms in total. The van der Waals surface area contributed by atoms with Gasteiger partial charge in [-0.3, -0.25) is 4.79 Å². The molecule has 0 radical (unpaired) electrons. The van der Waals surface area contributed by atoms with Crippen molar-refractivity contribution in [2.75, 3.05) is 26.0 Å². The summed E-state index contributed by atoms with van der Waals surface area (Å²) in [6.07, 6.45) is 0.861. The van der Waals surface area contributed by atoms with Crippen LogP contribution < -0.4 is 5.32 Å². The summed E-state index contributed by atoms with van der Waals surface area (Å²) >= 11 is 0. The summed E-state index contributed by atoms with van der Waals surface area (Å²) in [7, 11) is 3.46. The molecule has 1 aromatic rings. The molecular formula is C11H18N4O. The number of carbonyl (C=O) groups is 1. The van der Waals surface area contributed by atoms with E-state index in [0.717, 1.165) is 17.9 Å². The van der Waals surface area contributed by atoms with E-state index in [1.165, 1.54) is 0 Å². The zero-order valence-electron chi connectivity index (χ0n) is 10.2. The Morgan fingerprint density at radius 1 is 1.44 bits per heavy atom. The summed E-state index contributed by atoms with van der Waals surface area (Å²) < 4.78 is 0. The zero-order valence-corrected chi connectivity index (χ0v) is 10.2. The van der Waals surface area contributed by atoms with Gasteiger partial charge in [-0.15, -0.1) is 0 Å². The van der Waals surface area contributed by atoms with Crippen molar-refractivity contribution in [3.05, 3.63) is 17.6 Å². The molecule has 1 rings (SSSR count). The lowest BCUT2D eigenvalue weighted by Crippen LogP contribution is -2.28. The lowest BCUT2D eigenvalue weighted by Gasteiger charge is -2.11. The van der Waals surface area contributed by atoms with Crippen LogP contribution in [0, 0.1) is 6.92 Å². The van der Waals surface area contributed by atoms with Gasteiger partial charge in [0.1, 0.15) is 11.6 Å². The van der Waals surface area contributed by atoms with Crippen LogP contribution in [0.15, 0.2) is 6.07 Å². The second kappa shape index (κ2) is 5.44. The molecule has 0 bridgehead atoms. The monoisotopic (exact) mass is 222 g/mol. The topological polar surface area (TPSA) is 58.1 Å². The second-order valence-electron chi connectivity index (χ2n) is 3.79. The van der Waals surface area contributed by atoms with Crippen LogP contribution in [0.4, 0.5) is 5.82 Å². The molecule has 0 saturated carbocycles. The smallest absolute Gasteiger partial charge is 0.241 e. The van der Waals surface area contributed by atoms with Crippen molar-refractivity contribution < 1.29 is 4.79 Å². The van der Waals surface area contributed by atoms with Crippen molar-refractivity contribution in [3.8, 4) is 0 Å². The normalized spacial score (nSPS) is 10.0. The van der Waals surface area contributed by atoms with Gasteiger partial charge in [0.25, 0.3) is 0 Å². The first-order valence-corrected chi connectivity index (χ1v) is 5.31. The van der Waals surface area contributed by atoms with Crippen molar-refractivity contribution in [2.24, 2.45) is 0 Å². The van der Waals surface area contributed by atoms with E-state index in [1.54, 1.807) is 19.0 Å². The van der Waals surface area contributed by atoms with Crippen LogP contribution in [0.5, 0.6) is 0 Å². The third-order valence-corrected chi connectivity index (χ3v) is 2.17. The van der Waals surface area contributed by atoms with E-state index >= 15 is 0 Å².